The molecule has 0 bridgehead atoms. The van der Waals surface area contributed by atoms with Crippen LogP contribution in [0.2, 0.25) is 10.0 Å². The number of aliphatic hydroxyl groups is 1. The highest BCUT2D eigenvalue weighted by atomic mass is 35.5. The Balaban J connectivity index is 1.65. The van der Waals surface area contributed by atoms with Crippen molar-refractivity contribution < 1.29 is 37.0 Å². The van der Waals surface area contributed by atoms with Crippen LogP contribution >= 0.6 is 23.2 Å². The first-order valence-corrected chi connectivity index (χ1v) is 9.29. The van der Waals surface area contributed by atoms with Crippen LogP contribution in [0.15, 0.2) is 34.7 Å². The molecule has 0 aliphatic carbocycles. The van der Waals surface area contributed by atoms with Crippen LogP contribution in [0.4, 0.5) is 13.2 Å². The van der Waals surface area contributed by atoms with Crippen molar-refractivity contribution in [2.45, 2.75) is 18.7 Å². The maximum Gasteiger partial charge on any atom is 0.449 e. The molecule has 30 heavy (non-hydrogen) atoms. The van der Waals surface area contributed by atoms with Crippen LogP contribution in [0.3, 0.4) is 0 Å². The number of carbonyl (C=O) groups excluding carboxylic acids is 2. The van der Waals surface area contributed by atoms with E-state index in [0.717, 1.165) is 6.07 Å². The lowest BCUT2D eigenvalue weighted by Crippen LogP contribution is -2.37. The highest BCUT2D eigenvalue weighted by molar-refractivity contribution is 6.42. The molecule has 1 aromatic heterocycles. The first kappa shape index (κ1) is 23.8. The predicted octanol–water partition coefficient (Wildman–Crippen LogP) is 3.28. The fourth-order valence-corrected chi connectivity index (χ4v) is 2.44. The van der Waals surface area contributed by atoms with Crippen LogP contribution in [0, 0.1) is 0 Å². The maximum atomic E-state index is 12.4. The Morgan fingerprint density at radius 3 is 2.50 bits per heavy atom. The standard InChI is InChI=1S/C18H17Cl2F3N2O5/c19-12-2-1-11(7-13(12)20)29-9-16(27)25-8-10(26)5-6-24-17(28)14-3-4-15(30-14)18(21,22)23/h1-4,7,10,26H,5-6,8-9H2,(H,24,28)(H,25,27)/t10-/m0/s1. The Hall–Kier alpha value is -2.43. The number of ether oxygens (including phenoxy) is 1. The number of rotatable bonds is 9. The van der Waals surface area contributed by atoms with Gasteiger partial charge in [0.05, 0.1) is 16.1 Å². The highest BCUT2D eigenvalue weighted by Gasteiger charge is 2.35. The lowest BCUT2D eigenvalue weighted by molar-refractivity contribution is -0.153. The minimum absolute atomic E-state index is 0.0440. The number of furan rings is 1. The molecule has 1 heterocycles. The van der Waals surface area contributed by atoms with Crippen LogP contribution in [0.1, 0.15) is 22.7 Å². The number of hydrogen-bond acceptors (Lipinski definition) is 5. The van der Waals surface area contributed by atoms with Gasteiger partial charge in [-0.2, -0.15) is 13.2 Å². The summed E-state index contributed by atoms with van der Waals surface area (Å²) in [7, 11) is 0. The van der Waals surface area contributed by atoms with E-state index in [1.54, 1.807) is 0 Å². The van der Waals surface area contributed by atoms with E-state index in [2.05, 4.69) is 15.1 Å². The van der Waals surface area contributed by atoms with Gasteiger partial charge in [0.1, 0.15) is 5.75 Å². The fraction of sp³-hybridized carbons (Fsp3) is 0.333. The van der Waals surface area contributed by atoms with Crippen molar-refractivity contribution in [3.8, 4) is 5.75 Å². The first-order chi connectivity index (χ1) is 14.1. The zero-order chi connectivity index (χ0) is 22.3. The third kappa shape index (κ3) is 7.43. The van der Waals surface area contributed by atoms with Crippen LogP contribution < -0.4 is 15.4 Å². The number of hydrogen-bond donors (Lipinski definition) is 3. The van der Waals surface area contributed by atoms with Crippen molar-refractivity contribution in [2.24, 2.45) is 0 Å². The van der Waals surface area contributed by atoms with Crippen molar-refractivity contribution in [1.82, 2.24) is 10.6 Å². The molecular weight excluding hydrogens is 452 g/mol. The van der Waals surface area contributed by atoms with Gasteiger partial charge in [-0.1, -0.05) is 23.2 Å². The molecule has 0 aliphatic rings. The minimum atomic E-state index is -4.68. The van der Waals surface area contributed by atoms with Gasteiger partial charge >= 0.3 is 6.18 Å². The highest BCUT2D eigenvalue weighted by Crippen LogP contribution is 2.30. The Bertz CT molecular complexity index is 889. The Morgan fingerprint density at radius 1 is 1.13 bits per heavy atom. The molecular formula is C18H17Cl2F3N2O5. The minimum Gasteiger partial charge on any atom is -0.484 e. The second kappa shape index (κ2) is 10.6. The summed E-state index contributed by atoms with van der Waals surface area (Å²) >= 11 is 11.6. The number of benzene rings is 1. The van der Waals surface area contributed by atoms with Gasteiger partial charge in [0.15, 0.2) is 12.4 Å². The van der Waals surface area contributed by atoms with Gasteiger partial charge in [0.2, 0.25) is 5.76 Å². The topological polar surface area (TPSA) is 101 Å². The monoisotopic (exact) mass is 468 g/mol. The molecule has 1 atom stereocenters. The summed E-state index contributed by atoms with van der Waals surface area (Å²) in [4.78, 5) is 23.5. The number of halogens is 5. The smallest absolute Gasteiger partial charge is 0.449 e. The molecule has 2 aromatic rings. The zero-order valence-electron chi connectivity index (χ0n) is 15.3. The van der Waals surface area contributed by atoms with E-state index in [1.165, 1.54) is 18.2 Å². The molecule has 0 spiro atoms. The third-order valence-electron chi connectivity index (χ3n) is 3.67. The molecule has 164 valence electrons. The lowest BCUT2D eigenvalue weighted by atomic mass is 10.2. The van der Waals surface area contributed by atoms with Crippen molar-refractivity contribution in [3.63, 3.8) is 0 Å². The van der Waals surface area contributed by atoms with Crippen molar-refractivity contribution >= 4 is 35.0 Å². The summed E-state index contributed by atoms with van der Waals surface area (Å²) in [6.45, 7) is -0.475. The average Bonchev–Trinajstić information content (AvgIpc) is 3.18. The van der Waals surface area contributed by atoms with Crippen molar-refractivity contribution in [3.05, 3.63) is 51.9 Å². The summed E-state index contributed by atoms with van der Waals surface area (Å²) in [6.07, 6.45) is -5.63. The molecule has 0 fully saturated rings. The molecule has 0 radical (unpaired) electrons. The summed E-state index contributed by atoms with van der Waals surface area (Å²) in [5.74, 6) is -2.78. The number of alkyl halides is 3. The first-order valence-electron chi connectivity index (χ1n) is 8.54. The van der Waals surface area contributed by atoms with E-state index >= 15 is 0 Å². The van der Waals surface area contributed by atoms with E-state index in [0.29, 0.717) is 16.8 Å². The molecule has 3 N–H and O–H groups in total. The summed E-state index contributed by atoms with van der Waals surface area (Å²) in [5.41, 5.74) is 0. The zero-order valence-corrected chi connectivity index (χ0v) is 16.8. The van der Waals surface area contributed by atoms with Gasteiger partial charge in [-0.15, -0.1) is 0 Å². The van der Waals surface area contributed by atoms with Gasteiger partial charge in [-0.05, 0) is 30.7 Å². The molecule has 0 saturated heterocycles. The van der Waals surface area contributed by atoms with E-state index in [1.807, 2.05) is 0 Å². The normalized spacial score (nSPS) is 12.3. The summed E-state index contributed by atoms with van der Waals surface area (Å²) < 4.78 is 47.0. The van der Waals surface area contributed by atoms with Crippen LogP contribution in [0.25, 0.3) is 0 Å². The Labute approximate surface area is 179 Å². The van der Waals surface area contributed by atoms with E-state index in [-0.39, 0.29) is 31.1 Å². The largest absolute Gasteiger partial charge is 0.484 e. The van der Waals surface area contributed by atoms with Gasteiger partial charge < -0.3 is 24.9 Å². The van der Waals surface area contributed by atoms with Crippen LogP contribution in [-0.2, 0) is 11.0 Å². The van der Waals surface area contributed by atoms with E-state index in [4.69, 9.17) is 27.9 Å². The Morgan fingerprint density at radius 2 is 1.87 bits per heavy atom. The summed E-state index contributed by atoms with van der Waals surface area (Å²) in [5, 5.41) is 15.2. The second-order valence-corrected chi connectivity index (χ2v) is 6.84. The van der Waals surface area contributed by atoms with Gasteiger partial charge in [-0.3, -0.25) is 9.59 Å². The second-order valence-electron chi connectivity index (χ2n) is 6.03. The molecule has 12 heteroatoms. The van der Waals surface area contributed by atoms with Crippen LogP contribution in [-0.4, -0.2) is 42.7 Å². The average molecular weight is 469 g/mol. The van der Waals surface area contributed by atoms with Gasteiger partial charge in [0.25, 0.3) is 11.8 Å². The lowest BCUT2D eigenvalue weighted by Gasteiger charge is -2.13. The quantitative estimate of drug-likeness (QED) is 0.524. The van der Waals surface area contributed by atoms with Gasteiger partial charge in [0, 0.05) is 19.2 Å². The predicted molar refractivity (Wildman–Crippen MR) is 102 cm³/mol. The molecule has 2 amide bonds. The van der Waals surface area contributed by atoms with Crippen molar-refractivity contribution in [1.29, 1.82) is 0 Å². The maximum absolute atomic E-state index is 12.4. The van der Waals surface area contributed by atoms with E-state index < -0.39 is 35.6 Å². The van der Waals surface area contributed by atoms with Gasteiger partial charge in [-0.25, -0.2) is 0 Å². The molecule has 0 unspecified atom stereocenters. The third-order valence-corrected chi connectivity index (χ3v) is 4.41. The molecule has 0 aliphatic heterocycles. The van der Waals surface area contributed by atoms with Crippen molar-refractivity contribution in [2.75, 3.05) is 19.7 Å². The van der Waals surface area contributed by atoms with Crippen LogP contribution in [0.5, 0.6) is 5.75 Å². The molecule has 1 aromatic carbocycles. The molecule has 7 nitrogen and oxygen atoms in total. The number of amides is 2. The SMILES string of the molecule is O=C(COc1ccc(Cl)c(Cl)c1)NC[C@@H](O)CCNC(=O)c1ccc(C(F)(F)F)o1. The molecule has 0 saturated carbocycles. The summed E-state index contributed by atoms with van der Waals surface area (Å²) in [6, 6.07) is 6.06. The number of carbonyl (C=O) groups is 2. The Kier molecular flexibility index (Phi) is 8.39. The number of aliphatic hydroxyl groups excluding tert-OH is 1. The fourth-order valence-electron chi connectivity index (χ4n) is 2.15. The number of nitrogens with one attached hydrogen (secondary N) is 2. The molecule has 2 rings (SSSR count). The van der Waals surface area contributed by atoms with E-state index in [9.17, 15) is 27.9 Å².